The second-order valence-electron chi connectivity index (χ2n) is 7.65. The van der Waals surface area contributed by atoms with Crippen molar-refractivity contribution in [2.75, 3.05) is 6.54 Å². The van der Waals surface area contributed by atoms with Crippen LogP contribution in [-0.4, -0.2) is 30.1 Å². The highest BCUT2D eigenvalue weighted by Gasteiger charge is 2.15. The molecule has 0 saturated heterocycles. The normalized spacial score (nSPS) is 11.1. The van der Waals surface area contributed by atoms with Gasteiger partial charge in [0.1, 0.15) is 16.9 Å². The van der Waals surface area contributed by atoms with E-state index in [-0.39, 0.29) is 30.2 Å². The number of hydrogen-bond donors (Lipinski definition) is 2. The maximum absolute atomic E-state index is 12.1. The summed E-state index contributed by atoms with van der Waals surface area (Å²) in [6.07, 6.45) is 0.110. The van der Waals surface area contributed by atoms with Gasteiger partial charge in [0, 0.05) is 44.0 Å². The molecule has 0 radical (unpaired) electrons. The third-order valence-electron chi connectivity index (χ3n) is 3.79. The van der Waals surface area contributed by atoms with E-state index in [0.29, 0.717) is 23.9 Å². The van der Waals surface area contributed by atoms with Crippen LogP contribution in [0, 0.1) is 0 Å². The van der Waals surface area contributed by atoms with E-state index in [4.69, 9.17) is 13.9 Å². The lowest BCUT2D eigenvalue weighted by atomic mass is 10.1. The number of alkyl carbamates (subject to hydrolysis) is 1. The van der Waals surface area contributed by atoms with E-state index < -0.39 is 23.3 Å². The number of esters is 1. The first-order valence-electron chi connectivity index (χ1n) is 9.52. The molecular formula is C21H26N2O7. The molecule has 0 fully saturated rings. The largest absolute Gasteiger partial charge is 0.444 e. The first-order valence-corrected chi connectivity index (χ1v) is 9.52. The van der Waals surface area contributed by atoms with Crippen LogP contribution in [0.1, 0.15) is 46.1 Å². The number of benzene rings is 1. The zero-order valence-corrected chi connectivity index (χ0v) is 17.5. The molecule has 2 amide bonds. The molecule has 0 spiro atoms. The molecule has 0 atom stereocenters. The minimum absolute atomic E-state index is 0.132. The van der Waals surface area contributed by atoms with E-state index in [9.17, 15) is 19.2 Å². The van der Waals surface area contributed by atoms with E-state index in [1.54, 1.807) is 32.9 Å². The van der Waals surface area contributed by atoms with Gasteiger partial charge in [0.25, 0.3) is 0 Å². The van der Waals surface area contributed by atoms with Gasteiger partial charge in [-0.15, -0.1) is 0 Å². The van der Waals surface area contributed by atoms with Gasteiger partial charge in [-0.1, -0.05) is 0 Å². The Hall–Kier alpha value is -3.36. The van der Waals surface area contributed by atoms with Gasteiger partial charge in [-0.2, -0.15) is 0 Å². The number of rotatable bonds is 7. The van der Waals surface area contributed by atoms with Crippen LogP contribution < -0.4 is 21.0 Å². The van der Waals surface area contributed by atoms with Crippen molar-refractivity contribution in [2.45, 2.75) is 52.7 Å². The van der Waals surface area contributed by atoms with Crippen molar-refractivity contribution >= 4 is 28.9 Å². The quantitative estimate of drug-likeness (QED) is 0.307. The molecule has 162 valence electrons. The lowest BCUT2D eigenvalue weighted by Crippen LogP contribution is -2.33. The smallest absolute Gasteiger partial charge is 0.407 e. The molecular weight excluding hydrogens is 392 g/mol. The van der Waals surface area contributed by atoms with Crippen molar-refractivity contribution in [3.05, 3.63) is 40.2 Å². The van der Waals surface area contributed by atoms with Gasteiger partial charge in [-0.25, -0.2) is 9.59 Å². The van der Waals surface area contributed by atoms with E-state index in [1.165, 1.54) is 19.1 Å². The zero-order chi connectivity index (χ0) is 22.3. The van der Waals surface area contributed by atoms with Gasteiger partial charge in [-0.05, 0) is 44.9 Å². The van der Waals surface area contributed by atoms with Gasteiger partial charge in [0.2, 0.25) is 5.91 Å². The van der Waals surface area contributed by atoms with Crippen LogP contribution >= 0.6 is 0 Å². The van der Waals surface area contributed by atoms with Gasteiger partial charge in [0.15, 0.2) is 0 Å². The molecule has 0 aliphatic heterocycles. The predicted molar refractivity (Wildman–Crippen MR) is 109 cm³/mol. The maximum Gasteiger partial charge on any atom is 0.407 e. The summed E-state index contributed by atoms with van der Waals surface area (Å²) in [5.74, 6) is -0.447. The maximum atomic E-state index is 12.1. The molecule has 2 rings (SSSR count). The van der Waals surface area contributed by atoms with Crippen LogP contribution in [0.4, 0.5) is 4.79 Å². The average molecular weight is 418 g/mol. The minimum Gasteiger partial charge on any atom is -0.444 e. The molecule has 2 aromatic rings. The number of fused-ring (bicyclic) bond motifs is 1. The Balaban J connectivity index is 1.89. The van der Waals surface area contributed by atoms with Gasteiger partial charge < -0.3 is 24.5 Å². The molecule has 0 unspecified atom stereocenters. The second-order valence-corrected chi connectivity index (χ2v) is 7.65. The van der Waals surface area contributed by atoms with Crippen LogP contribution in [0.2, 0.25) is 0 Å². The SMILES string of the molecule is CC(=O)Oc1ccc2c(CNC(=O)CCCNC(=O)OC(C)(C)C)cc(=O)oc2c1. The summed E-state index contributed by atoms with van der Waals surface area (Å²) in [6, 6.07) is 5.99. The molecule has 0 aliphatic rings. The van der Waals surface area contributed by atoms with Crippen LogP contribution in [0.15, 0.2) is 33.5 Å². The Morgan fingerprint density at radius 2 is 1.83 bits per heavy atom. The monoisotopic (exact) mass is 418 g/mol. The second kappa shape index (κ2) is 9.91. The van der Waals surface area contributed by atoms with E-state index in [1.807, 2.05) is 0 Å². The predicted octanol–water partition coefficient (Wildman–Crippen LogP) is 2.64. The van der Waals surface area contributed by atoms with Crippen molar-refractivity contribution in [3.63, 3.8) is 0 Å². The molecule has 1 aromatic heterocycles. The Morgan fingerprint density at radius 1 is 1.10 bits per heavy atom. The molecule has 0 saturated carbocycles. The molecule has 0 aliphatic carbocycles. The number of nitrogens with one attached hydrogen (secondary N) is 2. The number of hydrogen-bond acceptors (Lipinski definition) is 7. The lowest BCUT2D eigenvalue weighted by molar-refractivity contribution is -0.131. The first kappa shape index (κ1) is 22.9. The fraction of sp³-hybridized carbons (Fsp3) is 0.429. The molecule has 9 nitrogen and oxygen atoms in total. The van der Waals surface area contributed by atoms with Crippen LogP contribution in [-0.2, 0) is 20.9 Å². The summed E-state index contributed by atoms with van der Waals surface area (Å²) >= 11 is 0. The standard InChI is InChI=1S/C21H26N2O7/c1-13(24)28-15-7-8-16-14(10-19(26)29-17(16)11-15)12-23-18(25)6-5-9-22-20(27)30-21(2,3)4/h7-8,10-11H,5-6,9,12H2,1-4H3,(H,22,27)(H,23,25). The molecule has 1 aromatic carbocycles. The van der Waals surface area contributed by atoms with Crippen molar-refractivity contribution in [1.82, 2.24) is 10.6 Å². The fourth-order valence-electron chi connectivity index (χ4n) is 2.62. The van der Waals surface area contributed by atoms with Crippen LogP contribution in [0.5, 0.6) is 5.75 Å². The van der Waals surface area contributed by atoms with Crippen LogP contribution in [0.25, 0.3) is 11.0 Å². The topological polar surface area (TPSA) is 124 Å². The highest BCUT2D eigenvalue weighted by Crippen LogP contribution is 2.23. The third-order valence-corrected chi connectivity index (χ3v) is 3.79. The Morgan fingerprint density at radius 3 is 2.50 bits per heavy atom. The summed E-state index contributed by atoms with van der Waals surface area (Å²) in [4.78, 5) is 46.5. The Bertz CT molecular complexity index is 989. The minimum atomic E-state index is -0.578. The number of carbonyl (C=O) groups is 3. The highest BCUT2D eigenvalue weighted by molar-refractivity contribution is 5.83. The van der Waals surface area contributed by atoms with Crippen LogP contribution in [0.3, 0.4) is 0 Å². The molecule has 9 heteroatoms. The average Bonchev–Trinajstić information content (AvgIpc) is 2.61. The van der Waals surface area contributed by atoms with Gasteiger partial charge >= 0.3 is 17.7 Å². The van der Waals surface area contributed by atoms with Crippen molar-refractivity contribution in [1.29, 1.82) is 0 Å². The molecule has 2 N–H and O–H groups in total. The summed E-state index contributed by atoms with van der Waals surface area (Å²) in [6.45, 7) is 7.02. The number of carbonyl (C=O) groups excluding carboxylic acids is 3. The van der Waals surface area contributed by atoms with Gasteiger partial charge in [-0.3, -0.25) is 9.59 Å². The lowest BCUT2D eigenvalue weighted by Gasteiger charge is -2.19. The van der Waals surface area contributed by atoms with E-state index in [0.717, 1.165) is 0 Å². The highest BCUT2D eigenvalue weighted by atomic mass is 16.6. The molecule has 30 heavy (non-hydrogen) atoms. The van der Waals surface area contributed by atoms with Crippen molar-refractivity contribution in [3.8, 4) is 5.75 Å². The number of ether oxygens (including phenoxy) is 2. The zero-order valence-electron chi connectivity index (χ0n) is 17.5. The summed E-state index contributed by atoms with van der Waals surface area (Å²) < 4.78 is 15.3. The molecule has 0 bridgehead atoms. The summed E-state index contributed by atoms with van der Waals surface area (Å²) in [5.41, 5.74) is -0.317. The summed E-state index contributed by atoms with van der Waals surface area (Å²) in [7, 11) is 0. The third kappa shape index (κ3) is 7.57. The molecule has 1 heterocycles. The number of amides is 2. The van der Waals surface area contributed by atoms with Crippen molar-refractivity contribution < 1.29 is 28.3 Å². The summed E-state index contributed by atoms with van der Waals surface area (Å²) in [5, 5.41) is 5.95. The van der Waals surface area contributed by atoms with E-state index in [2.05, 4.69) is 10.6 Å². The van der Waals surface area contributed by atoms with Gasteiger partial charge in [0.05, 0.1) is 0 Å². The van der Waals surface area contributed by atoms with E-state index >= 15 is 0 Å². The first-order chi connectivity index (χ1) is 14.0. The fourth-order valence-corrected chi connectivity index (χ4v) is 2.62. The Kier molecular flexibility index (Phi) is 7.57. The Labute approximate surface area is 173 Å². The van der Waals surface area contributed by atoms with Crippen molar-refractivity contribution in [2.24, 2.45) is 0 Å².